The van der Waals surface area contributed by atoms with Gasteiger partial charge in [0.15, 0.2) is 0 Å². The molecule has 0 amide bonds. The molecular weight excluding hydrogens is 154 g/mol. The highest BCUT2D eigenvalue weighted by Crippen LogP contribution is 2.40. The monoisotopic (exact) mass is 163 g/mol. The lowest BCUT2D eigenvalue weighted by atomic mass is 10.5. The van der Waals surface area contributed by atoms with Crippen LogP contribution in [0, 0.1) is 0 Å². The molecule has 0 atom stereocenters. The summed E-state index contributed by atoms with van der Waals surface area (Å²) in [5, 5.41) is 4.46. The Bertz CT molecular complexity index is 278. The minimum absolute atomic E-state index is 0.164. The number of rotatable bonds is 1. The van der Waals surface area contributed by atoms with Crippen LogP contribution in [0.2, 0.25) is 0 Å². The summed E-state index contributed by atoms with van der Waals surface area (Å²) in [5.41, 5.74) is 0. The highest BCUT2D eigenvalue weighted by molar-refractivity contribution is 8.22. The zero-order chi connectivity index (χ0) is 7.52. The molecule has 0 bridgehead atoms. The summed E-state index contributed by atoms with van der Waals surface area (Å²) in [6.45, 7) is 0. The molecule has 0 aromatic carbocycles. The zero-order valence-corrected chi connectivity index (χ0v) is 6.91. The smallest absolute Gasteiger partial charge is 0.0392 e. The second kappa shape index (κ2) is 2.93. The van der Waals surface area contributed by atoms with E-state index in [4.69, 9.17) is 0 Å². The van der Waals surface area contributed by atoms with Crippen LogP contribution in [0.1, 0.15) is 0 Å². The molecule has 0 radical (unpaired) electrons. The molecule has 1 nitrogen and oxygen atoms in total. The highest BCUT2D eigenvalue weighted by atomic mass is 32.2. The largest absolute Gasteiger partial charge is 0.264 e. The molecule has 1 aliphatic heterocycles. The van der Waals surface area contributed by atoms with Crippen molar-refractivity contribution in [3.8, 4) is 0 Å². The molecule has 1 aromatic rings. The molecular formula is C9H9NS. The van der Waals surface area contributed by atoms with Gasteiger partial charge in [-0.05, 0) is 22.9 Å². The van der Waals surface area contributed by atoms with Crippen LogP contribution in [0.5, 0.6) is 0 Å². The van der Waals surface area contributed by atoms with E-state index in [1.54, 1.807) is 0 Å². The van der Waals surface area contributed by atoms with Gasteiger partial charge in [-0.2, -0.15) is 10.9 Å². The Labute approximate surface area is 68.8 Å². The van der Waals surface area contributed by atoms with Crippen molar-refractivity contribution < 1.29 is 0 Å². The Morgan fingerprint density at radius 2 is 2.00 bits per heavy atom. The molecule has 2 rings (SSSR count). The van der Waals surface area contributed by atoms with E-state index in [0.717, 1.165) is 0 Å². The summed E-state index contributed by atoms with van der Waals surface area (Å²) in [6.07, 6.45) is 7.94. The van der Waals surface area contributed by atoms with Crippen LogP contribution in [-0.4, -0.2) is 4.98 Å². The fourth-order valence-electron chi connectivity index (χ4n) is 1.01. The van der Waals surface area contributed by atoms with E-state index in [2.05, 4.69) is 34.0 Å². The average Bonchev–Trinajstić information content (AvgIpc) is 2.58. The normalized spacial score (nSPS) is 17.6. The quantitative estimate of drug-likeness (QED) is 0.627. The van der Waals surface area contributed by atoms with Gasteiger partial charge >= 0.3 is 0 Å². The predicted octanol–water partition coefficient (Wildman–Crippen LogP) is 2.48. The van der Waals surface area contributed by atoms with Crippen molar-refractivity contribution in [1.29, 1.82) is 0 Å². The summed E-state index contributed by atoms with van der Waals surface area (Å²) in [4.78, 5) is 5.40. The number of hydrogen-bond donors (Lipinski definition) is 1. The molecule has 0 fully saturated rings. The van der Waals surface area contributed by atoms with Crippen molar-refractivity contribution in [3.05, 3.63) is 47.5 Å². The molecule has 11 heavy (non-hydrogen) atoms. The first kappa shape index (κ1) is 6.68. The topological polar surface area (TPSA) is 12.9 Å². The summed E-state index contributed by atoms with van der Waals surface area (Å²) < 4.78 is 0. The molecule has 0 saturated carbocycles. The van der Waals surface area contributed by atoms with E-state index >= 15 is 0 Å². The SMILES string of the molecule is C1=C[SH](c2cccnc2)C=C1. The van der Waals surface area contributed by atoms with Gasteiger partial charge in [0.1, 0.15) is 0 Å². The van der Waals surface area contributed by atoms with E-state index in [0.29, 0.717) is 0 Å². The summed E-state index contributed by atoms with van der Waals surface area (Å²) in [6, 6.07) is 4.11. The van der Waals surface area contributed by atoms with E-state index in [1.165, 1.54) is 4.90 Å². The third kappa shape index (κ3) is 1.35. The van der Waals surface area contributed by atoms with Gasteiger partial charge in [0.2, 0.25) is 0 Å². The minimum Gasteiger partial charge on any atom is -0.264 e. The predicted molar refractivity (Wildman–Crippen MR) is 49.8 cm³/mol. The van der Waals surface area contributed by atoms with Crippen molar-refractivity contribution in [3.63, 3.8) is 0 Å². The van der Waals surface area contributed by atoms with Crippen molar-refractivity contribution in [1.82, 2.24) is 4.98 Å². The van der Waals surface area contributed by atoms with E-state index in [9.17, 15) is 0 Å². The molecule has 0 unspecified atom stereocenters. The molecule has 0 aliphatic carbocycles. The Hall–Kier alpha value is -1.02. The Kier molecular flexibility index (Phi) is 1.78. The van der Waals surface area contributed by atoms with E-state index < -0.39 is 0 Å². The fourth-order valence-corrected chi connectivity index (χ4v) is 2.48. The molecule has 1 aromatic heterocycles. The molecule has 0 spiro atoms. The van der Waals surface area contributed by atoms with Crippen LogP contribution < -0.4 is 0 Å². The maximum atomic E-state index is 4.08. The number of aromatic nitrogens is 1. The second-order valence-corrected chi connectivity index (χ2v) is 4.23. The van der Waals surface area contributed by atoms with Crippen LogP contribution in [0.4, 0.5) is 0 Å². The maximum absolute atomic E-state index is 4.08. The molecule has 0 N–H and O–H groups in total. The first-order valence-electron chi connectivity index (χ1n) is 3.50. The Balaban J connectivity index is 2.30. The lowest BCUT2D eigenvalue weighted by molar-refractivity contribution is 1.24. The molecule has 0 saturated heterocycles. The number of thiol groups is 1. The summed E-state index contributed by atoms with van der Waals surface area (Å²) in [7, 11) is -0.164. The van der Waals surface area contributed by atoms with Gasteiger partial charge in [0.05, 0.1) is 0 Å². The molecule has 56 valence electrons. The maximum Gasteiger partial charge on any atom is 0.0392 e. The molecule has 2 heteroatoms. The standard InChI is InChI=1S/C9H9NS/c1-2-7-11(6-1)9-4-3-5-10-8-9/h1-8,11H. The van der Waals surface area contributed by atoms with Gasteiger partial charge in [-0.15, -0.1) is 0 Å². The lowest BCUT2D eigenvalue weighted by Gasteiger charge is -2.07. The number of hydrogen-bond acceptors (Lipinski definition) is 1. The third-order valence-electron chi connectivity index (χ3n) is 1.55. The van der Waals surface area contributed by atoms with Crippen LogP contribution in [0.15, 0.2) is 52.4 Å². The van der Waals surface area contributed by atoms with Crippen molar-refractivity contribution >= 4 is 10.9 Å². The van der Waals surface area contributed by atoms with Gasteiger partial charge in [-0.3, -0.25) is 4.98 Å². The van der Waals surface area contributed by atoms with Gasteiger partial charge in [-0.1, -0.05) is 12.2 Å². The van der Waals surface area contributed by atoms with Crippen molar-refractivity contribution in [2.24, 2.45) is 0 Å². The van der Waals surface area contributed by atoms with Crippen LogP contribution in [0.3, 0.4) is 0 Å². The van der Waals surface area contributed by atoms with Gasteiger partial charge in [-0.25, -0.2) is 0 Å². The average molecular weight is 163 g/mol. The molecule has 1 aliphatic rings. The first-order chi connectivity index (χ1) is 5.47. The van der Waals surface area contributed by atoms with Crippen molar-refractivity contribution in [2.45, 2.75) is 4.90 Å². The van der Waals surface area contributed by atoms with Crippen LogP contribution in [-0.2, 0) is 0 Å². The van der Waals surface area contributed by atoms with Crippen molar-refractivity contribution in [2.75, 3.05) is 0 Å². The fraction of sp³-hybridized carbons (Fsp3) is 0. The Morgan fingerprint density at radius 3 is 2.64 bits per heavy atom. The lowest BCUT2D eigenvalue weighted by Crippen LogP contribution is -1.75. The highest BCUT2D eigenvalue weighted by Gasteiger charge is 2.00. The van der Waals surface area contributed by atoms with Gasteiger partial charge in [0.25, 0.3) is 0 Å². The number of nitrogens with zero attached hydrogens (tertiary/aromatic N) is 1. The summed E-state index contributed by atoms with van der Waals surface area (Å²) >= 11 is 0. The first-order valence-corrected chi connectivity index (χ1v) is 4.98. The van der Waals surface area contributed by atoms with E-state index in [-0.39, 0.29) is 10.9 Å². The zero-order valence-electron chi connectivity index (χ0n) is 6.01. The summed E-state index contributed by atoms with van der Waals surface area (Å²) in [5.74, 6) is 0. The van der Waals surface area contributed by atoms with Gasteiger partial charge < -0.3 is 0 Å². The van der Waals surface area contributed by atoms with Crippen LogP contribution in [0.25, 0.3) is 0 Å². The minimum atomic E-state index is -0.164. The molecule has 2 heterocycles. The van der Waals surface area contributed by atoms with Crippen LogP contribution >= 0.6 is 10.9 Å². The number of pyridine rings is 1. The number of allylic oxidation sites excluding steroid dienone is 2. The third-order valence-corrected chi connectivity index (χ3v) is 3.40. The Morgan fingerprint density at radius 1 is 1.18 bits per heavy atom. The second-order valence-electron chi connectivity index (χ2n) is 2.30. The van der Waals surface area contributed by atoms with Gasteiger partial charge in [0, 0.05) is 17.3 Å². The van der Waals surface area contributed by atoms with E-state index in [1.807, 2.05) is 18.5 Å².